The average molecular weight is 377 g/mol. The van der Waals surface area contributed by atoms with Crippen molar-refractivity contribution < 1.29 is 14.3 Å². The summed E-state index contributed by atoms with van der Waals surface area (Å²) >= 11 is 0. The highest BCUT2D eigenvalue weighted by molar-refractivity contribution is 5.96. The first-order valence-corrected chi connectivity index (χ1v) is 8.82. The van der Waals surface area contributed by atoms with Crippen molar-refractivity contribution >= 4 is 11.6 Å². The van der Waals surface area contributed by atoms with E-state index < -0.39 is 5.54 Å². The van der Waals surface area contributed by atoms with Crippen LogP contribution in [0.1, 0.15) is 13.8 Å². The van der Waals surface area contributed by atoms with Gasteiger partial charge >= 0.3 is 0 Å². The van der Waals surface area contributed by atoms with E-state index in [0.717, 1.165) is 5.56 Å². The van der Waals surface area contributed by atoms with Crippen molar-refractivity contribution in [3.8, 4) is 22.8 Å². The number of ether oxygens (including phenoxy) is 2. The van der Waals surface area contributed by atoms with Crippen LogP contribution in [0.5, 0.6) is 11.5 Å². The van der Waals surface area contributed by atoms with Crippen LogP contribution in [0.4, 0.5) is 5.69 Å². The smallest absolute Gasteiger partial charge is 0.267 e. The minimum absolute atomic E-state index is 0.179. The Bertz CT molecular complexity index is 1090. The van der Waals surface area contributed by atoms with Gasteiger partial charge in [-0.25, -0.2) is 4.68 Å². The highest BCUT2D eigenvalue weighted by Crippen LogP contribution is 2.35. The number of hydrogen-bond acceptors (Lipinski definition) is 5. The lowest BCUT2D eigenvalue weighted by atomic mass is 10.0. The van der Waals surface area contributed by atoms with Crippen LogP contribution < -0.4 is 20.3 Å². The summed E-state index contributed by atoms with van der Waals surface area (Å²) < 4.78 is 11.9. The van der Waals surface area contributed by atoms with Crippen LogP contribution in [-0.2, 0) is 10.3 Å². The van der Waals surface area contributed by atoms with E-state index in [-0.39, 0.29) is 18.3 Å². The summed E-state index contributed by atoms with van der Waals surface area (Å²) in [6.45, 7) is 3.49. The Hall–Kier alpha value is -3.61. The second-order valence-electron chi connectivity index (χ2n) is 6.92. The van der Waals surface area contributed by atoms with E-state index in [9.17, 15) is 9.59 Å². The van der Waals surface area contributed by atoms with Crippen LogP contribution in [0, 0.1) is 0 Å². The summed E-state index contributed by atoms with van der Waals surface area (Å²) in [5.74, 6) is 0.953. The summed E-state index contributed by atoms with van der Waals surface area (Å²) in [7, 11) is 0. The molecule has 1 N–H and O–H groups in total. The molecule has 3 aromatic rings. The predicted molar refractivity (Wildman–Crippen MR) is 104 cm³/mol. The van der Waals surface area contributed by atoms with Crippen molar-refractivity contribution in [2.75, 3.05) is 12.1 Å². The van der Waals surface area contributed by atoms with Gasteiger partial charge in [0, 0.05) is 17.3 Å². The third-order valence-corrected chi connectivity index (χ3v) is 4.59. The lowest BCUT2D eigenvalue weighted by molar-refractivity contribution is -0.123. The molecule has 4 rings (SSSR count). The number of anilines is 1. The maximum Gasteiger partial charge on any atom is 0.267 e. The minimum Gasteiger partial charge on any atom is -0.454 e. The van der Waals surface area contributed by atoms with Gasteiger partial charge in [-0.1, -0.05) is 18.2 Å². The van der Waals surface area contributed by atoms with Gasteiger partial charge in [0.2, 0.25) is 6.79 Å². The summed E-state index contributed by atoms with van der Waals surface area (Å²) in [5.41, 5.74) is 0.410. The third-order valence-electron chi connectivity index (χ3n) is 4.59. The second-order valence-corrected chi connectivity index (χ2v) is 6.92. The molecular formula is C21H19N3O4. The summed E-state index contributed by atoms with van der Waals surface area (Å²) in [5, 5.41) is 7.28. The molecule has 7 nitrogen and oxygen atoms in total. The van der Waals surface area contributed by atoms with Crippen molar-refractivity contribution in [2.24, 2.45) is 0 Å². The van der Waals surface area contributed by atoms with Gasteiger partial charge < -0.3 is 14.8 Å². The number of para-hydroxylation sites is 1. The molecule has 0 spiro atoms. The molecule has 7 heteroatoms. The predicted octanol–water partition coefficient (Wildman–Crippen LogP) is 3.01. The molecule has 1 aliphatic rings. The number of benzene rings is 2. The number of nitrogens with zero attached hydrogens (tertiary/aromatic N) is 2. The van der Waals surface area contributed by atoms with Gasteiger partial charge in [-0.3, -0.25) is 9.59 Å². The van der Waals surface area contributed by atoms with Gasteiger partial charge in [-0.15, -0.1) is 0 Å². The van der Waals surface area contributed by atoms with E-state index in [2.05, 4.69) is 10.4 Å². The van der Waals surface area contributed by atoms with Crippen LogP contribution in [0.15, 0.2) is 65.5 Å². The summed E-state index contributed by atoms with van der Waals surface area (Å²) in [4.78, 5) is 25.3. The molecule has 0 bridgehead atoms. The van der Waals surface area contributed by atoms with Crippen molar-refractivity contribution in [3.63, 3.8) is 0 Å². The number of rotatable bonds is 4. The Kier molecular flexibility index (Phi) is 4.35. The zero-order valence-corrected chi connectivity index (χ0v) is 15.5. The van der Waals surface area contributed by atoms with Crippen molar-refractivity contribution in [3.05, 3.63) is 71.0 Å². The molecule has 142 valence electrons. The number of amides is 1. The Labute approximate surface area is 161 Å². The number of fused-ring (bicyclic) bond motifs is 1. The van der Waals surface area contributed by atoms with Crippen LogP contribution in [-0.4, -0.2) is 22.5 Å². The molecule has 0 radical (unpaired) electrons. The maximum absolute atomic E-state index is 12.8. The average Bonchev–Trinajstić information content (AvgIpc) is 3.16. The first-order chi connectivity index (χ1) is 13.4. The molecule has 2 aromatic carbocycles. The second kappa shape index (κ2) is 6.84. The molecular weight excluding hydrogens is 358 g/mol. The molecule has 0 atom stereocenters. The number of carbonyl (C=O) groups excluding carboxylic acids is 1. The molecule has 28 heavy (non-hydrogen) atoms. The molecule has 0 fully saturated rings. The Morgan fingerprint density at radius 1 is 1.04 bits per heavy atom. The lowest BCUT2D eigenvalue weighted by Gasteiger charge is -2.25. The van der Waals surface area contributed by atoms with Gasteiger partial charge in [-0.05, 0) is 50.2 Å². The number of nitrogens with one attached hydrogen (secondary N) is 1. The Morgan fingerprint density at radius 2 is 1.79 bits per heavy atom. The van der Waals surface area contributed by atoms with Crippen LogP contribution >= 0.6 is 0 Å². The zero-order chi connectivity index (χ0) is 19.7. The van der Waals surface area contributed by atoms with Gasteiger partial charge in [-0.2, -0.15) is 5.10 Å². The topological polar surface area (TPSA) is 82.5 Å². The van der Waals surface area contributed by atoms with Crippen LogP contribution in [0.3, 0.4) is 0 Å². The zero-order valence-electron chi connectivity index (χ0n) is 15.5. The lowest BCUT2D eigenvalue weighted by Crippen LogP contribution is -2.47. The largest absolute Gasteiger partial charge is 0.454 e. The summed E-state index contributed by atoms with van der Waals surface area (Å²) in [6, 6.07) is 17.6. The standard InChI is InChI=1S/C21H19N3O4/c1-21(2,20(26)22-15-6-4-3-5-7-15)24-19(25)11-9-16(23-24)14-8-10-17-18(12-14)28-13-27-17/h3-12H,13H2,1-2H3,(H,22,26). The highest BCUT2D eigenvalue weighted by atomic mass is 16.7. The fourth-order valence-corrected chi connectivity index (χ4v) is 2.92. The third kappa shape index (κ3) is 3.22. The molecule has 2 heterocycles. The minimum atomic E-state index is -1.20. The first kappa shape index (κ1) is 17.8. The molecule has 1 aromatic heterocycles. The normalized spacial score (nSPS) is 12.6. The molecule has 0 aliphatic carbocycles. The van der Waals surface area contributed by atoms with Gasteiger partial charge in [0.25, 0.3) is 11.5 Å². The van der Waals surface area contributed by atoms with Gasteiger partial charge in [0.1, 0.15) is 5.54 Å². The van der Waals surface area contributed by atoms with Crippen LogP contribution in [0.2, 0.25) is 0 Å². The van der Waals surface area contributed by atoms with E-state index in [4.69, 9.17) is 9.47 Å². The SMILES string of the molecule is CC(C)(C(=O)Nc1ccccc1)n1nc(-c2ccc3c(c2)OCO3)ccc1=O. The molecule has 1 amide bonds. The fourth-order valence-electron chi connectivity index (χ4n) is 2.92. The van der Waals surface area contributed by atoms with Gasteiger partial charge in [0.05, 0.1) is 5.69 Å². The van der Waals surface area contributed by atoms with E-state index >= 15 is 0 Å². The van der Waals surface area contributed by atoms with E-state index in [0.29, 0.717) is 22.9 Å². The highest BCUT2D eigenvalue weighted by Gasteiger charge is 2.32. The van der Waals surface area contributed by atoms with E-state index in [1.54, 1.807) is 44.2 Å². The number of hydrogen-bond donors (Lipinski definition) is 1. The van der Waals surface area contributed by atoms with E-state index in [1.807, 2.05) is 24.3 Å². The molecule has 1 aliphatic heterocycles. The monoisotopic (exact) mass is 377 g/mol. The summed E-state index contributed by atoms with van der Waals surface area (Å²) in [6.07, 6.45) is 0. The van der Waals surface area contributed by atoms with Crippen molar-refractivity contribution in [2.45, 2.75) is 19.4 Å². The van der Waals surface area contributed by atoms with Crippen LogP contribution in [0.25, 0.3) is 11.3 Å². The van der Waals surface area contributed by atoms with Gasteiger partial charge in [0.15, 0.2) is 11.5 Å². The number of carbonyl (C=O) groups is 1. The van der Waals surface area contributed by atoms with Crippen molar-refractivity contribution in [1.29, 1.82) is 0 Å². The first-order valence-electron chi connectivity index (χ1n) is 8.82. The number of aromatic nitrogens is 2. The van der Waals surface area contributed by atoms with E-state index in [1.165, 1.54) is 10.7 Å². The fraction of sp³-hybridized carbons (Fsp3) is 0.190. The molecule has 0 saturated heterocycles. The molecule has 0 saturated carbocycles. The Morgan fingerprint density at radius 3 is 2.57 bits per heavy atom. The Balaban J connectivity index is 1.68. The molecule has 0 unspecified atom stereocenters. The van der Waals surface area contributed by atoms with Crippen molar-refractivity contribution in [1.82, 2.24) is 9.78 Å². The quantitative estimate of drug-likeness (QED) is 0.756. The maximum atomic E-state index is 12.8.